The number of ether oxygens (including phenoxy) is 1. The molecule has 4 nitrogen and oxygen atoms in total. The highest BCUT2D eigenvalue weighted by Gasteiger charge is 2.48. The lowest BCUT2D eigenvalue weighted by atomic mass is 9.87. The summed E-state index contributed by atoms with van der Waals surface area (Å²) in [7, 11) is -7.21. The fourth-order valence-electron chi connectivity index (χ4n) is 5.16. The summed E-state index contributed by atoms with van der Waals surface area (Å²) in [5.74, 6) is 0.720. The molecule has 0 spiro atoms. The maximum absolute atomic E-state index is 6.94. The van der Waals surface area contributed by atoms with E-state index in [9.17, 15) is 0 Å². The molecule has 8 heteroatoms. The van der Waals surface area contributed by atoms with Gasteiger partial charge < -0.3 is 17.1 Å². The Morgan fingerprint density at radius 1 is 0.893 bits per heavy atom. The molecule has 0 amide bonds. The fourth-order valence-corrected chi connectivity index (χ4v) is 22.6. The van der Waals surface area contributed by atoms with Gasteiger partial charge in [-0.1, -0.05) is 33.1 Å². The molecular weight excluding hydrogens is 417 g/mol. The van der Waals surface area contributed by atoms with Crippen molar-refractivity contribution in [1.82, 2.24) is 0 Å². The van der Waals surface area contributed by atoms with Gasteiger partial charge in [0.2, 0.25) is 0 Å². The zero-order valence-corrected chi connectivity index (χ0v) is 24.0. The third-order valence-corrected chi connectivity index (χ3v) is 22.0. The predicted molar refractivity (Wildman–Crippen MR) is 128 cm³/mol. The van der Waals surface area contributed by atoms with Crippen LogP contribution in [0.25, 0.3) is 0 Å². The predicted octanol–water partition coefficient (Wildman–Crippen LogP) is 6.15. The topological polar surface area (TPSA) is 40.2 Å². The van der Waals surface area contributed by atoms with Gasteiger partial charge in [0.1, 0.15) is 0 Å². The molecule has 1 saturated carbocycles. The Morgan fingerprint density at radius 3 is 2.18 bits per heavy atom. The van der Waals surface area contributed by atoms with E-state index in [1.807, 2.05) is 0 Å². The minimum Gasteiger partial charge on any atom is -0.439 e. The summed E-state index contributed by atoms with van der Waals surface area (Å²) in [5.41, 5.74) is 0. The first-order chi connectivity index (χ1) is 13.0. The minimum absolute atomic E-state index is 0.537. The molecule has 1 aliphatic carbocycles. The number of epoxide rings is 1. The average molecular weight is 463 g/mol. The summed E-state index contributed by atoms with van der Waals surface area (Å²) in [4.78, 5) is 0. The SMILES string of the molecule is CCC[Si](C)(C)O[SiH](C)O[Si](C)(CCC1CCCC2OC12)O[Si](C)(C)CCC. The highest BCUT2D eigenvalue weighted by atomic mass is 28.5. The Balaban J connectivity index is 1.99. The van der Waals surface area contributed by atoms with Gasteiger partial charge in [-0.2, -0.15) is 0 Å². The fraction of sp³-hybridized carbons (Fsp3) is 1.00. The van der Waals surface area contributed by atoms with E-state index < -0.39 is 34.5 Å². The van der Waals surface area contributed by atoms with Crippen LogP contribution in [0, 0.1) is 5.92 Å². The van der Waals surface area contributed by atoms with Crippen LogP contribution in [0.4, 0.5) is 0 Å². The van der Waals surface area contributed by atoms with Crippen LogP contribution >= 0.6 is 0 Å². The van der Waals surface area contributed by atoms with E-state index in [0.717, 1.165) is 12.0 Å². The zero-order chi connectivity index (χ0) is 21.0. The molecule has 1 aliphatic heterocycles. The van der Waals surface area contributed by atoms with Crippen molar-refractivity contribution in [3.63, 3.8) is 0 Å². The van der Waals surface area contributed by atoms with Gasteiger partial charge in [0.05, 0.1) is 12.2 Å². The van der Waals surface area contributed by atoms with Crippen molar-refractivity contribution < 1.29 is 17.1 Å². The van der Waals surface area contributed by atoms with Crippen LogP contribution in [0.15, 0.2) is 0 Å². The number of fused-ring (bicyclic) bond motifs is 1. The molecule has 0 aromatic heterocycles. The lowest BCUT2D eigenvalue weighted by molar-refractivity contribution is 0.299. The maximum Gasteiger partial charge on any atom is 0.315 e. The molecular formula is C20H46O4Si4. The summed E-state index contributed by atoms with van der Waals surface area (Å²) in [5, 5.41) is 0. The first kappa shape index (κ1) is 25.0. The third-order valence-electron chi connectivity index (χ3n) is 6.22. The molecule has 166 valence electrons. The van der Waals surface area contributed by atoms with Crippen LogP contribution in [0.1, 0.15) is 52.4 Å². The highest BCUT2D eigenvalue weighted by Crippen LogP contribution is 2.43. The van der Waals surface area contributed by atoms with Gasteiger partial charge in [0.25, 0.3) is 9.28 Å². The highest BCUT2D eigenvalue weighted by molar-refractivity contribution is 6.86. The molecule has 5 unspecified atom stereocenters. The van der Waals surface area contributed by atoms with Gasteiger partial charge >= 0.3 is 8.56 Å². The van der Waals surface area contributed by atoms with Gasteiger partial charge in [0, 0.05) is 0 Å². The lowest BCUT2D eigenvalue weighted by Crippen LogP contribution is -2.53. The second-order valence-electron chi connectivity index (χ2n) is 10.4. The van der Waals surface area contributed by atoms with Crippen LogP contribution in [-0.2, 0) is 17.1 Å². The molecule has 5 atom stereocenters. The smallest absolute Gasteiger partial charge is 0.315 e. The van der Waals surface area contributed by atoms with Crippen molar-refractivity contribution in [3.8, 4) is 0 Å². The van der Waals surface area contributed by atoms with E-state index in [0.29, 0.717) is 12.2 Å². The van der Waals surface area contributed by atoms with Crippen molar-refractivity contribution in [2.45, 2.75) is 122 Å². The minimum atomic E-state index is -2.24. The van der Waals surface area contributed by atoms with Crippen molar-refractivity contribution in [3.05, 3.63) is 0 Å². The summed E-state index contributed by atoms with van der Waals surface area (Å²) in [6.07, 6.45) is 8.63. The quantitative estimate of drug-likeness (QED) is 0.243. The van der Waals surface area contributed by atoms with Gasteiger partial charge in [0.15, 0.2) is 16.6 Å². The van der Waals surface area contributed by atoms with Crippen LogP contribution in [0.5, 0.6) is 0 Å². The first-order valence-corrected chi connectivity index (χ1v) is 22.6. The molecule has 0 bridgehead atoms. The van der Waals surface area contributed by atoms with E-state index in [2.05, 4.69) is 53.1 Å². The van der Waals surface area contributed by atoms with Crippen molar-refractivity contribution >= 4 is 34.5 Å². The molecule has 28 heavy (non-hydrogen) atoms. The molecule has 2 aliphatic rings. The van der Waals surface area contributed by atoms with Crippen molar-refractivity contribution in [2.75, 3.05) is 0 Å². The molecule has 2 rings (SSSR count). The second kappa shape index (κ2) is 10.3. The van der Waals surface area contributed by atoms with E-state index in [-0.39, 0.29) is 0 Å². The zero-order valence-electron chi connectivity index (χ0n) is 19.8. The average Bonchev–Trinajstić information content (AvgIpc) is 3.31. The summed E-state index contributed by atoms with van der Waals surface area (Å²) in [6.45, 7) is 18.5. The second-order valence-corrected chi connectivity index (χ2v) is 25.1. The monoisotopic (exact) mass is 462 g/mol. The van der Waals surface area contributed by atoms with Crippen molar-refractivity contribution in [1.29, 1.82) is 0 Å². The third kappa shape index (κ3) is 8.09. The molecule has 0 N–H and O–H groups in total. The molecule has 0 radical (unpaired) electrons. The standard InChI is InChI=1S/C20H46O4Si4/c1-9-15-26(4,5)22-25(3)23-28(8,24-27(6,7)16-10-2)17-14-18-12-11-13-19-20(18)21-19/h18-20,25H,9-17H2,1-8H3. The van der Waals surface area contributed by atoms with Gasteiger partial charge in [-0.3, -0.25) is 0 Å². The largest absolute Gasteiger partial charge is 0.439 e. The van der Waals surface area contributed by atoms with E-state index >= 15 is 0 Å². The van der Waals surface area contributed by atoms with Gasteiger partial charge in [-0.05, 0) is 82.6 Å². The van der Waals surface area contributed by atoms with Gasteiger partial charge in [-0.25, -0.2) is 0 Å². The number of hydrogen-bond donors (Lipinski definition) is 0. The molecule has 1 saturated heterocycles. The molecule has 0 aromatic rings. The van der Waals surface area contributed by atoms with Crippen LogP contribution in [0.2, 0.25) is 57.4 Å². The molecule has 1 heterocycles. The Bertz CT molecular complexity index is 491. The lowest BCUT2D eigenvalue weighted by Gasteiger charge is -2.39. The number of hydrogen-bond acceptors (Lipinski definition) is 4. The Kier molecular flexibility index (Phi) is 9.23. The van der Waals surface area contributed by atoms with E-state index in [1.54, 1.807) is 0 Å². The Labute approximate surface area is 179 Å². The van der Waals surface area contributed by atoms with E-state index in [4.69, 9.17) is 17.1 Å². The Morgan fingerprint density at radius 2 is 1.54 bits per heavy atom. The first-order valence-electron chi connectivity index (χ1n) is 11.7. The van der Waals surface area contributed by atoms with Gasteiger partial charge in [-0.15, -0.1) is 0 Å². The Hall–Kier alpha value is 0.708. The molecule has 2 fully saturated rings. The molecule has 0 aromatic carbocycles. The summed E-state index contributed by atoms with van der Waals surface area (Å²) in [6, 6.07) is 3.52. The van der Waals surface area contributed by atoms with Crippen LogP contribution < -0.4 is 0 Å². The maximum atomic E-state index is 6.94. The number of rotatable bonds is 13. The summed E-state index contributed by atoms with van der Waals surface area (Å²) >= 11 is 0. The van der Waals surface area contributed by atoms with Crippen LogP contribution in [-0.4, -0.2) is 46.7 Å². The van der Waals surface area contributed by atoms with E-state index in [1.165, 1.54) is 50.6 Å². The normalized spacial score (nSPS) is 28.5. The van der Waals surface area contributed by atoms with Crippen molar-refractivity contribution in [2.24, 2.45) is 5.92 Å². The van der Waals surface area contributed by atoms with Crippen LogP contribution in [0.3, 0.4) is 0 Å². The summed E-state index contributed by atoms with van der Waals surface area (Å²) < 4.78 is 26.2.